The molecule has 0 bridgehead atoms. The third kappa shape index (κ3) is 4.37. The van der Waals surface area contributed by atoms with E-state index in [0.29, 0.717) is 12.6 Å². The van der Waals surface area contributed by atoms with E-state index >= 15 is 0 Å². The number of amides is 1. The molecule has 0 radical (unpaired) electrons. The number of piperazine rings is 1. The Morgan fingerprint density at radius 3 is 2.80 bits per heavy atom. The van der Waals surface area contributed by atoms with Gasteiger partial charge in [0.15, 0.2) is 0 Å². The maximum atomic E-state index is 12.6. The highest BCUT2D eigenvalue weighted by Gasteiger charge is 2.32. The van der Waals surface area contributed by atoms with Crippen molar-refractivity contribution in [2.24, 2.45) is 0 Å². The second-order valence-electron chi connectivity index (χ2n) is 7.59. The number of piperidine rings is 1. The van der Waals surface area contributed by atoms with Crippen LogP contribution in [0.5, 0.6) is 0 Å². The van der Waals surface area contributed by atoms with Crippen LogP contribution in [0.15, 0.2) is 24.5 Å². The van der Waals surface area contributed by atoms with Gasteiger partial charge in [-0.05, 0) is 37.3 Å². The van der Waals surface area contributed by atoms with Gasteiger partial charge in [-0.1, -0.05) is 6.07 Å². The third-order valence-electron chi connectivity index (χ3n) is 5.73. The van der Waals surface area contributed by atoms with Crippen molar-refractivity contribution < 1.29 is 4.79 Å². The van der Waals surface area contributed by atoms with Gasteiger partial charge in [-0.15, -0.1) is 0 Å². The Balaban J connectivity index is 1.28. The van der Waals surface area contributed by atoms with Gasteiger partial charge in [-0.2, -0.15) is 0 Å². The SMILES string of the molecule is O=C(CN1CCNCC1c1cccnc1)NC1CCN(C2CC2)CC1. The molecule has 1 saturated carbocycles. The summed E-state index contributed by atoms with van der Waals surface area (Å²) in [5.74, 6) is 0.167. The summed E-state index contributed by atoms with van der Waals surface area (Å²) < 4.78 is 0. The Kier molecular flexibility index (Phi) is 5.29. The van der Waals surface area contributed by atoms with Crippen molar-refractivity contribution in [1.29, 1.82) is 0 Å². The predicted octanol–water partition coefficient (Wildman–Crippen LogP) is 0.771. The lowest BCUT2D eigenvalue weighted by Crippen LogP contribution is -2.52. The van der Waals surface area contributed by atoms with Crippen molar-refractivity contribution in [1.82, 2.24) is 25.4 Å². The minimum absolute atomic E-state index is 0.167. The molecule has 2 N–H and O–H groups in total. The van der Waals surface area contributed by atoms with Crippen LogP contribution in [0.1, 0.15) is 37.3 Å². The summed E-state index contributed by atoms with van der Waals surface area (Å²) >= 11 is 0. The van der Waals surface area contributed by atoms with E-state index in [0.717, 1.165) is 51.6 Å². The van der Waals surface area contributed by atoms with E-state index in [-0.39, 0.29) is 11.9 Å². The molecular formula is C19H29N5O. The lowest BCUT2D eigenvalue weighted by atomic mass is 10.0. The molecule has 25 heavy (non-hydrogen) atoms. The van der Waals surface area contributed by atoms with Crippen molar-refractivity contribution in [3.05, 3.63) is 30.1 Å². The van der Waals surface area contributed by atoms with E-state index < -0.39 is 0 Å². The molecule has 1 aliphatic carbocycles. The lowest BCUT2D eigenvalue weighted by molar-refractivity contribution is -0.124. The van der Waals surface area contributed by atoms with E-state index in [9.17, 15) is 4.79 Å². The van der Waals surface area contributed by atoms with Crippen LogP contribution < -0.4 is 10.6 Å². The maximum absolute atomic E-state index is 12.6. The van der Waals surface area contributed by atoms with Gasteiger partial charge < -0.3 is 15.5 Å². The number of nitrogens with one attached hydrogen (secondary N) is 2. The highest BCUT2D eigenvalue weighted by atomic mass is 16.2. The van der Waals surface area contributed by atoms with Gasteiger partial charge in [0.25, 0.3) is 0 Å². The molecule has 6 heteroatoms. The Labute approximate surface area is 150 Å². The predicted molar refractivity (Wildman–Crippen MR) is 97.2 cm³/mol. The van der Waals surface area contributed by atoms with Gasteiger partial charge >= 0.3 is 0 Å². The first kappa shape index (κ1) is 16.9. The Morgan fingerprint density at radius 2 is 2.08 bits per heavy atom. The molecule has 0 spiro atoms. The molecule has 6 nitrogen and oxygen atoms in total. The molecule has 1 aromatic heterocycles. The molecule has 3 heterocycles. The molecule has 136 valence electrons. The van der Waals surface area contributed by atoms with Crippen LogP contribution in [0.3, 0.4) is 0 Å². The molecular weight excluding hydrogens is 314 g/mol. The normalized spacial score (nSPS) is 26.5. The second kappa shape index (κ2) is 7.81. The Bertz CT molecular complexity index is 568. The number of pyridine rings is 1. The maximum Gasteiger partial charge on any atom is 0.234 e. The zero-order chi connectivity index (χ0) is 17.1. The molecule has 4 rings (SSSR count). The average Bonchev–Trinajstić information content (AvgIpc) is 3.49. The third-order valence-corrected chi connectivity index (χ3v) is 5.73. The van der Waals surface area contributed by atoms with Crippen LogP contribution in [-0.4, -0.2) is 72.0 Å². The van der Waals surface area contributed by atoms with Crippen LogP contribution in [-0.2, 0) is 4.79 Å². The summed E-state index contributed by atoms with van der Waals surface area (Å²) in [5.41, 5.74) is 1.18. The van der Waals surface area contributed by atoms with Gasteiger partial charge in [0, 0.05) is 63.2 Å². The van der Waals surface area contributed by atoms with Crippen molar-refractivity contribution in [2.75, 3.05) is 39.3 Å². The average molecular weight is 343 g/mol. The van der Waals surface area contributed by atoms with Gasteiger partial charge in [0.05, 0.1) is 6.54 Å². The summed E-state index contributed by atoms with van der Waals surface area (Å²) in [6.07, 6.45) is 8.64. The zero-order valence-corrected chi connectivity index (χ0v) is 14.9. The van der Waals surface area contributed by atoms with Gasteiger partial charge in [0.1, 0.15) is 0 Å². The number of hydrogen-bond donors (Lipinski definition) is 2. The van der Waals surface area contributed by atoms with Gasteiger partial charge in [0.2, 0.25) is 5.91 Å². The van der Waals surface area contributed by atoms with E-state index in [1.807, 2.05) is 12.3 Å². The summed E-state index contributed by atoms with van der Waals surface area (Å²) in [5, 5.41) is 6.71. The first-order valence-electron chi connectivity index (χ1n) is 9.68. The van der Waals surface area contributed by atoms with E-state index in [1.54, 1.807) is 6.20 Å². The number of nitrogens with zero attached hydrogens (tertiary/aromatic N) is 3. The highest BCUT2D eigenvalue weighted by Crippen LogP contribution is 2.29. The molecule has 1 atom stereocenters. The van der Waals surface area contributed by atoms with Crippen LogP contribution >= 0.6 is 0 Å². The van der Waals surface area contributed by atoms with E-state index in [4.69, 9.17) is 0 Å². The summed E-state index contributed by atoms with van der Waals surface area (Å²) in [4.78, 5) is 21.7. The molecule has 2 aliphatic heterocycles. The summed E-state index contributed by atoms with van der Waals surface area (Å²) in [7, 11) is 0. The molecule has 3 fully saturated rings. The monoisotopic (exact) mass is 343 g/mol. The van der Waals surface area contributed by atoms with Gasteiger partial charge in [-0.3, -0.25) is 14.7 Å². The first-order valence-corrected chi connectivity index (χ1v) is 9.68. The van der Waals surface area contributed by atoms with Gasteiger partial charge in [-0.25, -0.2) is 0 Å². The standard InChI is InChI=1S/C19H29N5O/c25-19(22-16-5-9-23(10-6-16)17-3-4-17)14-24-11-8-21-13-18(24)15-2-1-7-20-12-15/h1-2,7,12,16-18,21H,3-6,8-11,13-14H2,(H,22,25). The second-order valence-corrected chi connectivity index (χ2v) is 7.59. The largest absolute Gasteiger partial charge is 0.352 e. The first-order chi connectivity index (χ1) is 12.3. The molecule has 2 saturated heterocycles. The van der Waals surface area contributed by atoms with Crippen molar-refractivity contribution in [2.45, 2.75) is 43.8 Å². The highest BCUT2D eigenvalue weighted by molar-refractivity contribution is 5.78. The smallest absolute Gasteiger partial charge is 0.234 e. The number of carbonyl (C=O) groups excluding carboxylic acids is 1. The van der Waals surface area contributed by atoms with Crippen LogP contribution in [0, 0.1) is 0 Å². The number of likely N-dealkylation sites (tertiary alicyclic amines) is 1. The molecule has 1 amide bonds. The number of carbonyl (C=O) groups is 1. The van der Waals surface area contributed by atoms with Crippen molar-refractivity contribution in [3.8, 4) is 0 Å². The summed E-state index contributed by atoms with van der Waals surface area (Å²) in [6.45, 7) is 5.46. The molecule has 3 aliphatic rings. The topological polar surface area (TPSA) is 60.5 Å². The fraction of sp³-hybridized carbons (Fsp3) is 0.684. The lowest BCUT2D eigenvalue weighted by Gasteiger charge is -2.37. The number of rotatable bonds is 5. The zero-order valence-electron chi connectivity index (χ0n) is 14.9. The van der Waals surface area contributed by atoms with E-state index in [1.165, 1.54) is 18.4 Å². The fourth-order valence-electron chi connectivity index (χ4n) is 4.14. The van der Waals surface area contributed by atoms with Crippen molar-refractivity contribution in [3.63, 3.8) is 0 Å². The minimum Gasteiger partial charge on any atom is -0.352 e. The molecule has 1 aromatic rings. The number of hydrogen-bond acceptors (Lipinski definition) is 5. The minimum atomic E-state index is 0.167. The summed E-state index contributed by atoms with van der Waals surface area (Å²) in [6, 6.07) is 5.49. The Hall–Kier alpha value is -1.50. The molecule has 0 aromatic carbocycles. The van der Waals surface area contributed by atoms with Crippen LogP contribution in [0.2, 0.25) is 0 Å². The molecule has 1 unspecified atom stereocenters. The number of aromatic nitrogens is 1. The van der Waals surface area contributed by atoms with Crippen LogP contribution in [0.4, 0.5) is 0 Å². The van der Waals surface area contributed by atoms with Crippen LogP contribution in [0.25, 0.3) is 0 Å². The van der Waals surface area contributed by atoms with Crippen molar-refractivity contribution >= 4 is 5.91 Å². The van der Waals surface area contributed by atoms with E-state index in [2.05, 4.69) is 31.5 Å². The fourth-order valence-corrected chi connectivity index (χ4v) is 4.14. The quantitative estimate of drug-likeness (QED) is 0.827. The Morgan fingerprint density at radius 1 is 1.24 bits per heavy atom.